The molecule has 1 aliphatic rings. The Morgan fingerprint density at radius 1 is 1.07 bits per heavy atom. The summed E-state index contributed by atoms with van der Waals surface area (Å²) in [5, 5.41) is 6.26. The molecule has 6 nitrogen and oxygen atoms in total. The average molecular weight is 367 g/mol. The van der Waals surface area contributed by atoms with Crippen LogP contribution in [0.5, 0.6) is 0 Å². The molecule has 2 aromatic rings. The average Bonchev–Trinajstić information content (AvgIpc) is 2.70. The number of piperazine rings is 1. The van der Waals surface area contributed by atoms with Gasteiger partial charge in [0.1, 0.15) is 5.69 Å². The highest BCUT2D eigenvalue weighted by Gasteiger charge is 2.14. The molecule has 1 amide bonds. The summed E-state index contributed by atoms with van der Waals surface area (Å²) in [6.07, 6.45) is 3.69. The predicted octanol–water partition coefficient (Wildman–Crippen LogP) is 3.11. The van der Waals surface area contributed by atoms with Gasteiger partial charge in [-0.2, -0.15) is 0 Å². The standard InChI is InChI=1S/C21H29N5O/c1-3-4-10-23-21(27)20-16-18(9-11-22-20)24-17-5-7-19(8-6-17)26-14-12-25(2)13-15-26/h5-9,11,16H,3-4,10,12-15H2,1-2H3,(H,22,24)(H,23,27). The van der Waals surface area contributed by atoms with Crippen LogP contribution in [0.25, 0.3) is 0 Å². The highest BCUT2D eigenvalue weighted by atomic mass is 16.1. The molecule has 0 aliphatic carbocycles. The van der Waals surface area contributed by atoms with Gasteiger partial charge in [-0.1, -0.05) is 13.3 Å². The van der Waals surface area contributed by atoms with Gasteiger partial charge >= 0.3 is 0 Å². The lowest BCUT2D eigenvalue weighted by Crippen LogP contribution is -2.44. The molecule has 3 rings (SSSR count). The summed E-state index contributed by atoms with van der Waals surface area (Å²) in [5.41, 5.74) is 3.54. The Morgan fingerprint density at radius 3 is 2.52 bits per heavy atom. The van der Waals surface area contributed by atoms with Crippen molar-refractivity contribution in [2.75, 3.05) is 50.0 Å². The highest BCUT2D eigenvalue weighted by molar-refractivity contribution is 5.93. The van der Waals surface area contributed by atoms with Crippen LogP contribution >= 0.6 is 0 Å². The summed E-state index contributed by atoms with van der Waals surface area (Å²) in [5.74, 6) is -0.127. The summed E-state index contributed by atoms with van der Waals surface area (Å²) in [4.78, 5) is 21.1. The maximum Gasteiger partial charge on any atom is 0.269 e. The van der Waals surface area contributed by atoms with Gasteiger partial charge in [0, 0.05) is 56.0 Å². The van der Waals surface area contributed by atoms with Gasteiger partial charge in [0.15, 0.2) is 0 Å². The van der Waals surface area contributed by atoms with E-state index in [1.54, 1.807) is 12.3 Å². The molecule has 1 aromatic carbocycles. The first-order chi connectivity index (χ1) is 13.2. The number of hydrogen-bond donors (Lipinski definition) is 2. The number of nitrogens with one attached hydrogen (secondary N) is 2. The zero-order valence-corrected chi connectivity index (χ0v) is 16.2. The lowest BCUT2D eigenvalue weighted by molar-refractivity contribution is 0.0948. The van der Waals surface area contributed by atoms with E-state index in [-0.39, 0.29) is 5.91 Å². The Morgan fingerprint density at radius 2 is 1.81 bits per heavy atom. The zero-order valence-electron chi connectivity index (χ0n) is 16.2. The van der Waals surface area contributed by atoms with Crippen LogP contribution in [-0.4, -0.2) is 55.6 Å². The van der Waals surface area contributed by atoms with Crippen molar-refractivity contribution in [1.29, 1.82) is 0 Å². The Hall–Kier alpha value is -2.60. The third-order valence-corrected chi connectivity index (χ3v) is 4.83. The van der Waals surface area contributed by atoms with Crippen LogP contribution in [0.2, 0.25) is 0 Å². The van der Waals surface area contributed by atoms with Crippen molar-refractivity contribution in [2.45, 2.75) is 19.8 Å². The van der Waals surface area contributed by atoms with Gasteiger partial charge in [0.2, 0.25) is 0 Å². The van der Waals surface area contributed by atoms with E-state index in [1.807, 2.05) is 6.07 Å². The largest absolute Gasteiger partial charge is 0.369 e. The van der Waals surface area contributed by atoms with E-state index in [1.165, 1.54) is 5.69 Å². The molecule has 0 atom stereocenters. The third-order valence-electron chi connectivity index (χ3n) is 4.83. The first-order valence-electron chi connectivity index (χ1n) is 9.70. The summed E-state index contributed by atoms with van der Waals surface area (Å²) < 4.78 is 0. The fourth-order valence-electron chi connectivity index (χ4n) is 3.09. The summed E-state index contributed by atoms with van der Waals surface area (Å²) in [6, 6.07) is 12.1. The maximum absolute atomic E-state index is 12.2. The van der Waals surface area contributed by atoms with E-state index in [0.29, 0.717) is 12.2 Å². The smallest absolute Gasteiger partial charge is 0.269 e. The Labute approximate surface area is 161 Å². The topological polar surface area (TPSA) is 60.5 Å². The van der Waals surface area contributed by atoms with Gasteiger partial charge in [0.05, 0.1) is 0 Å². The monoisotopic (exact) mass is 367 g/mol. The second-order valence-corrected chi connectivity index (χ2v) is 7.00. The van der Waals surface area contributed by atoms with Gasteiger partial charge < -0.3 is 20.4 Å². The van der Waals surface area contributed by atoms with Crippen LogP contribution in [0.1, 0.15) is 30.3 Å². The summed E-state index contributed by atoms with van der Waals surface area (Å²) >= 11 is 0. The van der Waals surface area contributed by atoms with E-state index in [4.69, 9.17) is 0 Å². The number of benzene rings is 1. The minimum Gasteiger partial charge on any atom is -0.369 e. The number of rotatable bonds is 7. The van der Waals surface area contributed by atoms with Crippen LogP contribution in [0.4, 0.5) is 17.1 Å². The Kier molecular flexibility index (Phi) is 6.65. The van der Waals surface area contributed by atoms with Crippen LogP contribution in [0.3, 0.4) is 0 Å². The lowest BCUT2D eigenvalue weighted by Gasteiger charge is -2.34. The SMILES string of the molecule is CCCCNC(=O)c1cc(Nc2ccc(N3CCN(C)CC3)cc2)ccn1. The molecular formula is C21H29N5O. The number of aromatic nitrogens is 1. The van der Waals surface area contributed by atoms with Crippen molar-refractivity contribution in [3.8, 4) is 0 Å². The molecule has 1 fully saturated rings. The normalized spacial score (nSPS) is 14.8. The number of hydrogen-bond acceptors (Lipinski definition) is 5. The van der Waals surface area contributed by atoms with Gasteiger partial charge in [-0.25, -0.2) is 0 Å². The summed E-state index contributed by atoms with van der Waals surface area (Å²) in [6.45, 7) is 7.10. The van der Waals surface area contributed by atoms with E-state index < -0.39 is 0 Å². The van der Waals surface area contributed by atoms with Crippen molar-refractivity contribution < 1.29 is 4.79 Å². The molecular weight excluding hydrogens is 338 g/mol. The van der Waals surface area contributed by atoms with Gasteiger partial charge in [-0.3, -0.25) is 9.78 Å². The molecule has 0 bridgehead atoms. The van der Waals surface area contributed by atoms with Crippen molar-refractivity contribution in [2.24, 2.45) is 0 Å². The second-order valence-electron chi connectivity index (χ2n) is 7.00. The molecule has 1 aliphatic heterocycles. The Balaban J connectivity index is 1.60. The van der Waals surface area contributed by atoms with Gasteiger partial charge in [-0.15, -0.1) is 0 Å². The molecule has 6 heteroatoms. The van der Waals surface area contributed by atoms with Crippen molar-refractivity contribution in [3.63, 3.8) is 0 Å². The Bertz CT molecular complexity index is 738. The van der Waals surface area contributed by atoms with Crippen LogP contribution in [-0.2, 0) is 0 Å². The molecule has 1 saturated heterocycles. The minimum atomic E-state index is -0.127. The number of carbonyl (C=O) groups excluding carboxylic acids is 1. The van der Waals surface area contributed by atoms with Gasteiger partial charge in [0.25, 0.3) is 5.91 Å². The number of anilines is 3. The highest BCUT2D eigenvalue weighted by Crippen LogP contribution is 2.22. The van der Waals surface area contributed by atoms with Crippen molar-refractivity contribution >= 4 is 23.0 Å². The molecule has 0 radical (unpaired) electrons. The minimum absolute atomic E-state index is 0.127. The molecule has 0 spiro atoms. The molecule has 0 unspecified atom stereocenters. The first kappa shape index (κ1) is 19.2. The third kappa shape index (κ3) is 5.44. The fraction of sp³-hybridized carbons (Fsp3) is 0.429. The molecule has 2 heterocycles. The van der Waals surface area contributed by atoms with E-state index >= 15 is 0 Å². The number of likely N-dealkylation sites (N-methyl/N-ethyl adjacent to an activating group) is 1. The van der Waals surface area contributed by atoms with E-state index in [9.17, 15) is 4.79 Å². The number of pyridine rings is 1. The van der Waals surface area contributed by atoms with Crippen molar-refractivity contribution in [1.82, 2.24) is 15.2 Å². The quantitative estimate of drug-likeness (QED) is 0.737. The summed E-state index contributed by atoms with van der Waals surface area (Å²) in [7, 11) is 2.16. The van der Waals surface area contributed by atoms with E-state index in [2.05, 4.69) is 63.7 Å². The molecule has 2 N–H and O–H groups in total. The number of unbranched alkanes of at least 4 members (excludes halogenated alkanes) is 1. The molecule has 27 heavy (non-hydrogen) atoms. The zero-order chi connectivity index (χ0) is 19.1. The fourth-order valence-corrected chi connectivity index (χ4v) is 3.09. The second kappa shape index (κ2) is 9.37. The number of nitrogens with zero attached hydrogens (tertiary/aromatic N) is 3. The maximum atomic E-state index is 12.2. The molecule has 144 valence electrons. The molecule has 1 aromatic heterocycles. The number of amides is 1. The van der Waals surface area contributed by atoms with Crippen LogP contribution in [0, 0.1) is 0 Å². The van der Waals surface area contributed by atoms with E-state index in [0.717, 1.165) is 50.4 Å². The lowest BCUT2D eigenvalue weighted by atomic mass is 10.2. The first-order valence-corrected chi connectivity index (χ1v) is 9.70. The molecule has 0 saturated carbocycles. The van der Waals surface area contributed by atoms with Crippen LogP contribution < -0.4 is 15.5 Å². The van der Waals surface area contributed by atoms with Crippen molar-refractivity contribution in [3.05, 3.63) is 48.3 Å². The predicted molar refractivity (Wildman–Crippen MR) is 111 cm³/mol. The van der Waals surface area contributed by atoms with Gasteiger partial charge in [-0.05, 0) is 49.9 Å². The number of carbonyl (C=O) groups is 1. The van der Waals surface area contributed by atoms with Crippen LogP contribution in [0.15, 0.2) is 42.6 Å².